The molecular formula is C13H13N. The lowest BCUT2D eigenvalue weighted by molar-refractivity contribution is 0.973. The fraction of sp³-hybridized carbons (Fsp3) is 0.154. The Morgan fingerprint density at radius 1 is 1.29 bits per heavy atom. The largest absolute Gasteiger partial charge is 0.257 e. The highest BCUT2D eigenvalue weighted by Crippen LogP contribution is 2.26. The second-order valence-electron chi connectivity index (χ2n) is 3.30. The average Bonchev–Trinajstić information content (AvgIpc) is 2.26. The zero-order valence-electron chi connectivity index (χ0n) is 8.11. The normalized spacial score (nSPS) is 15.0. The number of nitrogens with zero attached hydrogens (tertiary/aromatic N) is 1. The molecule has 1 heteroatoms. The van der Waals surface area contributed by atoms with Crippen LogP contribution in [0.1, 0.15) is 17.5 Å². The smallest absolute Gasteiger partial charge is 0.0664 e. The summed E-state index contributed by atoms with van der Waals surface area (Å²) in [5.41, 5.74) is 3.73. The lowest BCUT2D eigenvalue weighted by Crippen LogP contribution is -1.97. The fourth-order valence-corrected chi connectivity index (χ4v) is 1.72. The summed E-state index contributed by atoms with van der Waals surface area (Å²) in [6.07, 6.45) is 7.85. The molecule has 0 saturated heterocycles. The number of aliphatic imine (C=N–C) groups is 1. The molecule has 2 rings (SSSR count). The van der Waals surface area contributed by atoms with Crippen molar-refractivity contribution in [2.45, 2.75) is 12.8 Å². The number of aryl methyl sites for hydroxylation is 1. The number of hydrogen-bond donors (Lipinski definition) is 0. The molecule has 1 aromatic rings. The maximum atomic E-state index is 4.36. The molecule has 0 N–H and O–H groups in total. The van der Waals surface area contributed by atoms with E-state index in [0.29, 0.717) is 0 Å². The van der Waals surface area contributed by atoms with Gasteiger partial charge in [0.25, 0.3) is 0 Å². The molecule has 0 radical (unpaired) electrons. The summed E-state index contributed by atoms with van der Waals surface area (Å²) in [4.78, 5) is 4.36. The molecule has 0 saturated carbocycles. The molecule has 0 spiro atoms. The van der Waals surface area contributed by atoms with Crippen molar-refractivity contribution in [3.05, 3.63) is 54.1 Å². The first kappa shape index (κ1) is 8.95. The van der Waals surface area contributed by atoms with Gasteiger partial charge in [-0.15, -0.1) is 0 Å². The van der Waals surface area contributed by atoms with Crippen molar-refractivity contribution < 1.29 is 0 Å². The van der Waals surface area contributed by atoms with Crippen molar-refractivity contribution in [1.29, 1.82) is 0 Å². The third-order valence-electron chi connectivity index (χ3n) is 2.36. The topological polar surface area (TPSA) is 12.4 Å². The van der Waals surface area contributed by atoms with Crippen molar-refractivity contribution in [1.82, 2.24) is 0 Å². The molecule has 0 bridgehead atoms. The van der Waals surface area contributed by atoms with Gasteiger partial charge < -0.3 is 0 Å². The van der Waals surface area contributed by atoms with Crippen LogP contribution in [0.3, 0.4) is 0 Å². The van der Waals surface area contributed by atoms with E-state index >= 15 is 0 Å². The Bertz CT molecular complexity index is 399. The van der Waals surface area contributed by atoms with E-state index in [9.17, 15) is 0 Å². The number of hydrogen-bond acceptors (Lipinski definition) is 1. The molecule has 0 amide bonds. The summed E-state index contributed by atoms with van der Waals surface area (Å²) in [6, 6.07) is 8.44. The maximum absolute atomic E-state index is 4.36. The molecule has 0 atom stereocenters. The van der Waals surface area contributed by atoms with Gasteiger partial charge in [0, 0.05) is 11.8 Å². The van der Waals surface area contributed by atoms with Crippen molar-refractivity contribution in [2.75, 3.05) is 0 Å². The van der Waals surface area contributed by atoms with Crippen molar-refractivity contribution in [3.8, 4) is 0 Å². The Balaban J connectivity index is 2.40. The number of benzene rings is 1. The highest BCUT2D eigenvalue weighted by Gasteiger charge is 2.09. The van der Waals surface area contributed by atoms with Crippen LogP contribution in [0, 0.1) is 0 Å². The van der Waals surface area contributed by atoms with E-state index in [0.717, 1.165) is 18.5 Å². The molecule has 1 aromatic carbocycles. The van der Waals surface area contributed by atoms with E-state index in [1.54, 1.807) is 12.3 Å². The summed E-state index contributed by atoms with van der Waals surface area (Å²) in [5.74, 6) is 0. The predicted octanol–water partition coefficient (Wildman–Crippen LogP) is 3.23. The summed E-state index contributed by atoms with van der Waals surface area (Å²) in [5, 5.41) is 0. The molecule has 0 unspecified atom stereocenters. The molecule has 0 aliphatic heterocycles. The Labute approximate surface area is 84.5 Å². The number of rotatable bonds is 2. The van der Waals surface area contributed by atoms with Crippen LogP contribution in [0.2, 0.25) is 0 Å². The van der Waals surface area contributed by atoms with Crippen LogP contribution in [-0.2, 0) is 6.42 Å². The second kappa shape index (κ2) is 4.05. The van der Waals surface area contributed by atoms with Gasteiger partial charge in [0.05, 0.1) is 5.70 Å². The van der Waals surface area contributed by atoms with Gasteiger partial charge in [0.15, 0.2) is 0 Å². The minimum Gasteiger partial charge on any atom is -0.257 e. The van der Waals surface area contributed by atoms with Gasteiger partial charge in [-0.1, -0.05) is 43.0 Å². The minimum absolute atomic E-state index is 1.08. The molecule has 0 heterocycles. The molecular weight excluding hydrogens is 170 g/mol. The molecule has 0 aromatic heterocycles. The zero-order chi connectivity index (χ0) is 9.80. The number of fused-ring (bicyclic) bond motifs is 1. The monoisotopic (exact) mass is 183 g/mol. The quantitative estimate of drug-likeness (QED) is 0.624. The first-order valence-corrected chi connectivity index (χ1v) is 4.85. The third kappa shape index (κ3) is 1.67. The average molecular weight is 183 g/mol. The van der Waals surface area contributed by atoms with E-state index in [1.807, 2.05) is 0 Å². The zero-order valence-corrected chi connectivity index (χ0v) is 8.11. The molecule has 0 fully saturated rings. The van der Waals surface area contributed by atoms with Crippen LogP contribution in [-0.4, -0.2) is 6.21 Å². The van der Waals surface area contributed by atoms with Gasteiger partial charge >= 0.3 is 0 Å². The van der Waals surface area contributed by atoms with Gasteiger partial charge in [-0.3, -0.25) is 4.99 Å². The first-order chi connectivity index (χ1) is 6.92. The van der Waals surface area contributed by atoms with Crippen LogP contribution in [0.4, 0.5) is 0 Å². The van der Waals surface area contributed by atoms with Gasteiger partial charge in [0.1, 0.15) is 0 Å². The third-order valence-corrected chi connectivity index (χ3v) is 2.36. The van der Waals surface area contributed by atoms with E-state index in [-0.39, 0.29) is 0 Å². The molecule has 1 aliphatic carbocycles. The second-order valence-corrected chi connectivity index (χ2v) is 3.30. The molecule has 1 aliphatic rings. The van der Waals surface area contributed by atoms with Gasteiger partial charge in [-0.25, -0.2) is 0 Å². The molecule has 1 nitrogen and oxygen atoms in total. The van der Waals surface area contributed by atoms with E-state index in [2.05, 4.69) is 41.9 Å². The maximum Gasteiger partial charge on any atom is 0.0664 e. The minimum atomic E-state index is 1.08. The summed E-state index contributed by atoms with van der Waals surface area (Å²) in [7, 11) is 0. The first-order valence-electron chi connectivity index (χ1n) is 4.85. The fourth-order valence-electron chi connectivity index (χ4n) is 1.72. The Hall–Kier alpha value is -1.63. The van der Waals surface area contributed by atoms with Gasteiger partial charge in [-0.05, 0) is 18.4 Å². The van der Waals surface area contributed by atoms with Gasteiger partial charge in [0.2, 0.25) is 0 Å². The van der Waals surface area contributed by atoms with Gasteiger partial charge in [-0.2, -0.15) is 0 Å². The summed E-state index contributed by atoms with van der Waals surface area (Å²) >= 11 is 0. The predicted molar refractivity (Wildman–Crippen MR) is 61.4 cm³/mol. The SMILES string of the molecule is C=C/C=N\C1=CCCc2ccccc21. The lowest BCUT2D eigenvalue weighted by atomic mass is 9.95. The van der Waals surface area contributed by atoms with Crippen LogP contribution >= 0.6 is 0 Å². The summed E-state index contributed by atoms with van der Waals surface area (Å²) in [6.45, 7) is 3.62. The summed E-state index contributed by atoms with van der Waals surface area (Å²) < 4.78 is 0. The van der Waals surface area contributed by atoms with Crippen molar-refractivity contribution in [2.24, 2.45) is 4.99 Å². The van der Waals surface area contributed by atoms with Crippen LogP contribution in [0.15, 0.2) is 48.0 Å². The number of allylic oxidation sites excluding steroid dienone is 2. The Kier molecular flexibility index (Phi) is 2.59. The van der Waals surface area contributed by atoms with Crippen molar-refractivity contribution >= 4 is 11.9 Å². The Morgan fingerprint density at radius 2 is 2.14 bits per heavy atom. The van der Waals surface area contributed by atoms with Crippen LogP contribution in [0.25, 0.3) is 5.70 Å². The van der Waals surface area contributed by atoms with Crippen molar-refractivity contribution in [3.63, 3.8) is 0 Å². The van der Waals surface area contributed by atoms with Crippen LogP contribution < -0.4 is 0 Å². The Morgan fingerprint density at radius 3 is 3.00 bits per heavy atom. The molecule has 70 valence electrons. The highest BCUT2D eigenvalue weighted by atomic mass is 14.7. The van der Waals surface area contributed by atoms with E-state index in [1.165, 1.54) is 11.1 Å². The lowest BCUT2D eigenvalue weighted by Gasteiger charge is -2.13. The van der Waals surface area contributed by atoms with E-state index in [4.69, 9.17) is 0 Å². The highest BCUT2D eigenvalue weighted by molar-refractivity contribution is 5.80. The standard InChI is InChI=1S/C13H13N/c1-2-10-14-13-9-5-7-11-6-3-4-8-12(11)13/h2-4,6,8-10H,1,5,7H2/b14-10-. The van der Waals surface area contributed by atoms with Crippen LogP contribution in [0.5, 0.6) is 0 Å². The molecule has 14 heavy (non-hydrogen) atoms. The van der Waals surface area contributed by atoms with E-state index < -0.39 is 0 Å².